The van der Waals surface area contributed by atoms with Crippen molar-refractivity contribution in [1.82, 2.24) is 4.98 Å². The Bertz CT molecular complexity index is 348. The molecule has 0 aromatic carbocycles. The number of anilines is 1. The molecule has 0 spiro atoms. The van der Waals surface area contributed by atoms with E-state index in [1.54, 1.807) is 13.1 Å². The van der Waals surface area contributed by atoms with E-state index in [-0.39, 0.29) is 0 Å². The van der Waals surface area contributed by atoms with Crippen molar-refractivity contribution in [3.8, 4) is 0 Å². The summed E-state index contributed by atoms with van der Waals surface area (Å²) in [6.07, 6.45) is 6.41. The standard InChI is InChI=1S/C14H22N2O/c1-3-13-6-4-5-9-16(13)14-8-7-12(10-15-14)11(2)17/h7-8,10-11,13,17H,3-6,9H2,1-2H3. The van der Waals surface area contributed by atoms with Gasteiger partial charge < -0.3 is 10.0 Å². The Morgan fingerprint density at radius 1 is 1.47 bits per heavy atom. The number of aromatic nitrogens is 1. The molecule has 0 aliphatic carbocycles. The molecule has 2 atom stereocenters. The number of hydrogen-bond acceptors (Lipinski definition) is 3. The fraction of sp³-hybridized carbons (Fsp3) is 0.643. The van der Waals surface area contributed by atoms with Crippen molar-refractivity contribution in [2.75, 3.05) is 11.4 Å². The van der Waals surface area contributed by atoms with E-state index < -0.39 is 6.10 Å². The molecule has 2 rings (SSSR count). The molecule has 2 unspecified atom stereocenters. The number of hydrogen-bond donors (Lipinski definition) is 1. The summed E-state index contributed by atoms with van der Waals surface area (Å²) >= 11 is 0. The van der Waals surface area contributed by atoms with Crippen LogP contribution in [-0.2, 0) is 0 Å². The first kappa shape index (κ1) is 12.4. The van der Waals surface area contributed by atoms with Crippen LogP contribution >= 0.6 is 0 Å². The zero-order valence-electron chi connectivity index (χ0n) is 10.8. The van der Waals surface area contributed by atoms with E-state index in [1.807, 2.05) is 12.1 Å². The first-order valence-electron chi connectivity index (χ1n) is 6.63. The third-order valence-corrected chi connectivity index (χ3v) is 3.65. The first-order chi connectivity index (χ1) is 8.22. The van der Waals surface area contributed by atoms with Gasteiger partial charge in [0.15, 0.2) is 0 Å². The lowest BCUT2D eigenvalue weighted by molar-refractivity contribution is 0.199. The predicted molar refractivity (Wildman–Crippen MR) is 70.1 cm³/mol. The number of nitrogens with zero attached hydrogens (tertiary/aromatic N) is 2. The molecule has 3 heteroatoms. The zero-order chi connectivity index (χ0) is 12.3. The fourth-order valence-corrected chi connectivity index (χ4v) is 2.54. The highest BCUT2D eigenvalue weighted by atomic mass is 16.3. The summed E-state index contributed by atoms with van der Waals surface area (Å²) in [5, 5.41) is 9.47. The minimum Gasteiger partial charge on any atom is -0.389 e. The Labute approximate surface area is 103 Å². The summed E-state index contributed by atoms with van der Waals surface area (Å²) in [6.45, 7) is 5.12. The summed E-state index contributed by atoms with van der Waals surface area (Å²) < 4.78 is 0. The maximum atomic E-state index is 9.47. The van der Waals surface area contributed by atoms with Crippen molar-refractivity contribution < 1.29 is 5.11 Å². The van der Waals surface area contributed by atoms with Crippen LogP contribution < -0.4 is 4.90 Å². The van der Waals surface area contributed by atoms with Gasteiger partial charge in [-0.25, -0.2) is 4.98 Å². The number of rotatable bonds is 3. The summed E-state index contributed by atoms with van der Waals surface area (Å²) in [7, 11) is 0. The van der Waals surface area contributed by atoms with Crippen molar-refractivity contribution in [3.63, 3.8) is 0 Å². The maximum absolute atomic E-state index is 9.47. The Balaban J connectivity index is 2.15. The van der Waals surface area contributed by atoms with Gasteiger partial charge in [-0.1, -0.05) is 13.0 Å². The zero-order valence-corrected chi connectivity index (χ0v) is 10.8. The Morgan fingerprint density at radius 3 is 2.88 bits per heavy atom. The van der Waals surface area contributed by atoms with E-state index in [0.29, 0.717) is 6.04 Å². The van der Waals surface area contributed by atoms with Crippen molar-refractivity contribution in [2.45, 2.75) is 51.7 Å². The molecule has 1 aromatic rings. The fourth-order valence-electron chi connectivity index (χ4n) is 2.54. The lowest BCUT2D eigenvalue weighted by atomic mass is 10.00. The van der Waals surface area contributed by atoms with E-state index in [2.05, 4.69) is 16.8 Å². The lowest BCUT2D eigenvalue weighted by Gasteiger charge is -2.36. The second-order valence-corrected chi connectivity index (χ2v) is 4.88. The predicted octanol–water partition coefficient (Wildman–Crippen LogP) is 2.90. The van der Waals surface area contributed by atoms with Crippen LogP contribution in [-0.4, -0.2) is 22.7 Å². The van der Waals surface area contributed by atoms with Crippen LogP contribution in [0.3, 0.4) is 0 Å². The van der Waals surface area contributed by atoms with Crippen LogP contribution in [0, 0.1) is 0 Å². The molecule has 0 amide bonds. The minimum atomic E-state index is -0.431. The quantitative estimate of drug-likeness (QED) is 0.873. The van der Waals surface area contributed by atoms with Crippen LogP contribution in [0.4, 0.5) is 5.82 Å². The van der Waals surface area contributed by atoms with Crippen molar-refractivity contribution in [3.05, 3.63) is 23.9 Å². The Morgan fingerprint density at radius 2 is 2.29 bits per heavy atom. The molecule has 1 N–H and O–H groups in total. The molecule has 1 aliphatic rings. The lowest BCUT2D eigenvalue weighted by Crippen LogP contribution is -2.39. The highest BCUT2D eigenvalue weighted by Gasteiger charge is 2.21. The third-order valence-electron chi connectivity index (χ3n) is 3.65. The van der Waals surface area contributed by atoms with Crippen molar-refractivity contribution >= 4 is 5.82 Å². The number of aliphatic hydroxyl groups excluding tert-OH is 1. The largest absolute Gasteiger partial charge is 0.389 e. The third kappa shape index (κ3) is 2.78. The normalized spacial score (nSPS) is 22.5. The second-order valence-electron chi connectivity index (χ2n) is 4.88. The van der Waals surface area contributed by atoms with E-state index in [9.17, 15) is 5.11 Å². The van der Waals surface area contributed by atoms with Crippen LogP contribution in [0.1, 0.15) is 51.2 Å². The van der Waals surface area contributed by atoms with Crippen LogP contribution in [0.25, 0.3) is 0 Å². The van der Waals surface area contributed by atoms with Gasteiger partial charge in [0.05, 0.1) is 6.10 Å². The van der Waals surface area contributed by atoms with Gasteiger partial charge in [-0.3, -0.25) is 0 Å². The molecule has 17 heavy (non-hydrogen) atoms. The molecular weight excluding hydrogens is 212 g/mol. The van der Waals surface area contributed by atoms with Gasteiger partial charge in [0, 0.05) is 18.8 Å². The molecule has 0 radical (unpaired) electrons. The summed E-state index contributed by atoms with van der Waals surface area (Å²) in [4.78, 5) is 6.90. The monoisotopic (exact) mass is 234 g/mol. The highest BCUT2D eigenvalue weighted by molar-refractivity contribution is 5.41. The number of piperidine rings is 1. The van der Waals surface area contributed by atoms with E-state index in [0.717, 1.165) is 17.9 Å². The van der Waals surface area contributed by atoms with Gasteiger partial charge in [0.1, 0.15) is 5.82 Å². The molecule has 2 heterocycles. The number of aliphatic hydroxyl groups is 1. The molecule has 1 aromatic heterocycles. The molecule has 0 saturated carbocycles. The first-order valence-corrected chi connectivity index (χ1v) is 6.63. The topological polar surface area (TPSA) is 36.4 Å². The smallest absolute Gasteiger partial charge is 0.128 e. The molecule has 1 aliphatic heterocycles. The molecular formula is C14H22N2O. The van der Waals surface area contributed by atoms with Gasteiger partial charge in [-0.2, -0.15) is 0 Å². The average Bonchev–Trinajstić information content (AvgIpc) is 2.39. The molecule has 1 fully saturated rings. The highest BCUT2D eigenvalue weighted by Crippen LogP contribution is 2.25. The maximum Gasteiger partial charge on any atom is 0.128 e. The molecule has 3 nitrogen and oxygen atoms in total. The van der Waals surface area contributed by atoms with E-state index in [1.165, 1.54) is 25.7 Å². The SMILES string of the molecule is CCC1CCCCN1c1ccc(C(C)O)cn1. The summed E-state index contributed by atoms with van der Waals surface area (Å²) in [5.41, 5.74) is 0.888. The van der Waals surface area contributed by atoms with Gasteiger partial charge in [-0.15, -0.1) is 0 Å². The van der Waals surface area contributed by atoms with E-state index >= 15 is 0 Å². The minimum absolute atomic E-state index is 0.431. The summed E-state index contributed by atoms with van der Waals surface area (Å²) in [5.74, 6) is 1.06. The second kappa shape index (κ2) is 5.50. The van der Waals surface area contributed by atoms with Crippen LogP contribution in [0.2, 0.25) is 0 Å². The summed E-state index contributed by atoms with van der Waals surface area (Å²) in [6, 6.07) is 4.65. The Hall–Kier alpha value is -1.09. The average molecular weight is 234 g/mol. The molecule has 0 bridgehead atoms. The molecule has 1 saturated heterocycles. The Kier molecular flexibility index (Phi) is 4.00. The van der Waals surface area contributed by atoms with Gasteiger partial charge in [0.25, 0.3) is 0 Å². The van der Waals surface area contributed by atoms with Crippen LogP contribution in [0.5, 0.6) is 0 Å². The van der Waals surface area contributed by atoms with Gasteiger partial charge in [-0.05, 0) is 44.2 Å². The van der Waals surface area contributed by atoms with Crippen LogP contribution in [0.15, 0.2) is 18.3 Å². The van der Waals surface area contributed by atoms with Crippen molar-refractivity contribution in [2.24, 2.45) is 0 Å². The van der Waals surface area contributed by atoms with Gasteiger partial charge in [0.2, 0.25) is 0 Å². The van der Waals surface area contributed by atoms with E-state index in [4.69, 9.17) is 0 Å². The molecule has 94 valence electrons. The van der Waals surface area contributed by atoms with Crippen molar-refractivity contribution in [1.29, 1.82) is 0 Å². The number of pyridine rings is 1. The van der Waals surface area contributed by atoms with Gasteiger partial charge >= 0.3 is 0 Å².